The van der Waals surface area contributed by atoms with Gasteiger partial charge in [-0.15, -0.1) is 12.6 Å². The van der Waals surface area contributed by atoms with Gasteiger partial charge in [0.15, 0.2) is 5.16 Å². The Hall–Kier alpha value is 0.634. The zero-order valence-electron chi connectivity index (χ0n) is 4.91. The number of rotatable bonds is 0. The molecule has 0 aliphatic rings. The minimum atomic E-state index is 0. The molecule has 0 saturated heterocycles. The van der Waals surface area contributed by atoms with E-state index in [2.05, 4.69) is 17.6 Å². The Labute approximate surface area is 84.4 Å². The fraction of sp³-hybridized carbons (Fsp3) is 0.250. The third kappa shape index (κ3) is 1.82. The quantitative estimate of drug-likeness (QED) is 0.544. The van der Waals surface area contributed by atoms with E-state index in [4.69, 9.17) is 23.4 Å². The van der Waals surface area contributed by atoms with Gasteiger partial charge in [0.1, 0.15) is 5.15 Å². The first-order chi connectivity index (χ1) is 4.13. The van der Waals surface area contributed by atoms with Crippen LogP contribution in [0.3, 0.4) is 0 Å². The summed E-state index contributed by atoms with van der Waals surface area (Å²) >= 11 is 15.1. The fourth-order valence-electron chi connectivity index (χ4n) is 0.470. The van der Waals surface area contributed by atoms with Crippen LogP contribution in [0.15, 0.2) is 5.16 Å². The summed E-state index contributed by atoms with van der Waals surface area (Å²) in [5, 5.41) is 0.834. The first kappa shape index (κ1) is 10.6. The minimum absolute atomic E-state index is 0. The van der Waals surface area contributed by atoms with Gasteiger partial charge in [0.05, 0.1) is 5.69 Å². The number of hydrogen-bond acceptors (Lipinski definition) is 2. The van der Waals surface area contributed by atoms with E-state index in [1.165, 1.54) is 4.09 Å². The largest absolute Gasteiger partial charge is 0.225 e. The smallest absolute Gasteiger partial charge is 0.181 e. The molecule has 0 fully saturated rings. The van der Waals surface area contributed by atoms with Crippen LogP contribution in [0, 0.1) is 6.92 Å². The van der Waals surface area contributed by atoms with Crippen molar-refractivity contribution in [3.05, 3.63) is 10.8 Å². The maximum absolute atomic E-state index is 5.62. The van der Waals surface area contributed by atoms with Gasteiger partial charge in [0, 0.05) is 28.3 Å². The van der Waals surface area contributed by atoms with Crippen molar-refractivity contribution in [2.45, 2.75) is 12.1 Å². The molecular formula is C4H4Cl2N2NiS. The van der Waals surface area contributed by atoms with Crippen LogP contribution in [0.4, 0.5) is 0 Å². The molecule has 0 N–H and O–H groups in total. The summed E-state index contributed by atoms with van der Waals surface area (Å²) in [5.74, 6) is 0. The molecule has 0 aliphatic carbocycles. The number of aromatic nitrogens is 2. The monoisotopic (exact) mass is 240 g/mol. The van der Waals surface area contributed by atoms with E-state index in [-0.39, 0.29) is 16.5 Å². The molecule has 6 heteroatoms. The van der Waals surface area contributed by atoms with E-state index >= 15 is 0 Å². The second-order valence-corrected chi connectivity index (χ2v) is 2.66. The molecule has 0 radical (unpaired) electrons. The summed E-state index contributed by atoms with van der Waals surface area (Å²) in [7, 11) is 0. The van der Waals surface area contributed by atoms with Crippen molar-refractivity contribution in [1.29, 1.82) is 0 Å². The first-order valence-corrected chi connectivity index (χ1v) is 3.39. The van der Waals surface area contributed by atoms with Crippen LogP contribution in [0.1, 0.15) is 5.69 Å². The van der Waals surface area contributed by atoms with E-state index in [1.807, 2.05) is 0 Å². The maximum Gasteiger partial charge on any atom is 0.181 e. The predicted octanol–water partition coefficient (Wildman–Crippen LogP) is 2.13. The molecule has 0 aromatic carbocycles. The van der Waals surface area contributed by atoms with Crippen molar-refractivity contribution in [2.24, 2.45) is 0 Å². The molecule has 0 atom stereocenters. The summed E-state index contributed by atoms with van der Waals surface area (Å²) < 4.78 is 1.19. The Morgan fingerprint density at radius 3 is 2.20 bits per heavy atom. The minimum Gasteiger partial charge on any atom is -0.225 e. The molecule has 1 aromatic heterocycles. The topological polar surface area (TPSA) is 17.8 Å². The normalized spacial score (nSPS) is 9.20. The molecule has 1 rings (SSSR count). The van der Waals surface area contributed by atoms with Gasteiger partial charge >= 0.3 is 0 Å². The molecule has 1 heterocycles. The Morgan fingerprint density at radius 1 is 1.60 bits per heavy atom. The standard InChI is InChI=1S/C4H4Cl2N2S.Ni/c1-2-3(5)8(6)4(9)7-2;/h1H3,(H,7,9);. The number of aryl methyl sites for hydroxylation is 1. The van der Waals surface area contributed by atoms with Gasteiger partial charge < -0.3 is 0 Å². The Morgan fingerprint density at radius 2 is 2.10 bits per heavy atom. The first-order valence-electron chi connectivity index (χ1n) is 2.23. The van der Waals surface area contributed by atoms with Crippen molar-refractivity contribution >= 4 is 36.0 Å². The molecule has 60 valence electrons. The summed E-state index contributed by atoms with van der Waals surface area (Å²) in [4.78, 5) is 3.87. The Balaban J connectivity index is 0.000000810. The van der Waals surface area contributed by atoms with Gasteiger partial charge in [-0.3, -0.25) is 0 Å². The number of nitrogens with zero attached hydrogens (tertiary/aromatic N) is 2. The van der Waals surface area contributed by atoms with E-state index in [0.29, 0.717) is 16.0 Å². The predicted molar refractivity (Wildman–Crippen MR) is 40.5 cm³/mol. The molecule has 2 nitrogen and oxygen atoms in total. The fourth-order valence-corrected chi connectivity index (χ4v) is 1.06. The third-order valence-electron chi connectivity index (χ3n) is 0.914. The second-order valence-electron chi connectivity index (χ2n) is 1.57. The average molecular weight is 242 g/mol. The molecule has 0 aliphatic heterocycles. The molecule has 0 spiro atoms. The number of halogens is 2. The SMILES string of the molecule is Cc1nc(S)n(Cl)c1Cl.[Ni]. The summed E-state index contributed by atoms with van der Waals surface area (Å²) in [5.41, 5.74) is 0.691. The van der Waals surface area contributed by atoms with Crippen LogP contribution in [-0.4, -0.2) is 9.07 Å². The van der Waals surface area contributed by atoms with Gasteiger partial charge in [0.2, 0.25) is 0 Å². The Bertz CT molecular complexity index is 215. The molecule has 0 saturated carbocycles. The molecule has 10 heavy (non-hydrogen) atoms. The summed E-state index contributed by atoms with van der Waals surface area (Å²) in [6, 6.07) is 0. The van der Waals surface area contributed by atoms with E-state index < -0.39 is 0 Å². The van der Waals surface area contributed by atoms with Crippen LogP contribution in [0.2, 0.25) is 5.15 Å². The molecule has 0 bridgehead atoms. The number of thiol groups is 1. The van der Waals surface area contributed by atoms with Gasteiger partial charge in [-0.1, -0.05) is 11.6 Å². The maximum atomic E-state index is 5.62. The Kier molecular flexibility index (Phi) is 4.11. The van der Waals surface area contributed by atoms with E-state index in [9.17, 15) is 0 Å². The van der Waals surface area contributed by atoms with Crippen molar-refractivity contribution in [2.75, 3.05) is 0 Å². The van der Waals surface area contributed by atoms with E-state index in [1.54, 1.807) is 6.92 Å². The van der Waals surface area contributed by atoms with Gasteiger partial charge in [-0.25, -0.2) is 9.07 Å². The van der Waals surface area contributed by atoms with E-state index in [0.717, 1.165) is 0 Å². The van der Waals surface area contributed by atoms with Crippen molar-refractivity contribution < 1.29 is 16.5 Å². The summed E-state index contributed by atoms with van der Waals surface area (Å²) in [6.07, 6.45) is 0. The van der Waals surface area contributed by atoms with Crippen LogP contribution < -0.4 is 0 Å². The number of imidazole rings is 1. The van der Waals surface area contributed by atoms with Crippen LogP contribution in [-0.2, 0) is 16.5 Å². The third-order valence-corrected chi connectivity index (χ3v) is 2.19. The average Bonchev–Trinajstić information content (AvgIpc) is 1.98. The van der Waals surface area contributed by atoms with Gasteiger partial charge in [0.25, 0.3) is 0 Å². The van der Waals surface area contributed by atoms with Crippen LogP contribution in [0.5, 0.6) is 0 Å². The van der Waals surface area contributed by atoms with Crippen molar-refractivity contribution in [3.8, 4) is 0 Å². The number of hydrogen-bond donors (Lipinski definition) is 1. The van der Waals surface area contributed by atoms with Crippen LogP contribution >= 0.6 is 36.0 Å². The molecule has 1 aromatic rings. The van der Waals surface area contributed by atoms with Crippen LogP contribution in [0.25, 0.3) is 0 Å². The second kappa shape index (κ2) is 3.86. The van der Waals surface area contributed by atoms with Crippen molar-refractivity contribution in [3.63, 3.8) is 0 Å². The van der Waals surface area contributed by atoms with Gasteiger partial charge in [-0.2, -0.15) is 0 Å². The zero-order chi connectivity index (χ0) is 7.02. The van der Waals surface area contributed by atoms with Gasteiger partial charge in [-0.05, 0) is 6.92 Å². The molecular weight excluding hydrogens is 238 g/mol. The zero-order valence-corrected chi connectivity index (χ0v) is 8.31. The molecule has 0 unspecified atom stereocenters. The molecule has 0 amide bonds. The summed E-state index contributed by atoms with van der Waals surface area (Å²) in [6.45, 7) is 1.76. The van der Waals surface area contributed by atoms with Crippen molar-refractivity contribution in [1.82, 2.24) is 9.07 Å².